The molecule has 24 heteroatoms. The van der Waals surface area contributed by atoms with Crippen LogP contribution in [0.25, 0.3) is 0 Å². The van der Waals surface area contributed by atoms with E-state index in [1.165, 1.54) is 0 Å². The topological polar surface area (TPSA) is 63.2 Å². The Bertz CT molecular complexity index is 1090. The van der Waals surface area contributed by atoms with Crippen molar-refractivity contribution in [2.45, 2.75) is 46.7 Å². The average molecular weight is 710 g/mol. The fourth-order valence-electron chi connectivity index (χ4n) is 2.31. The van der Waals surface area contributed by atoms with E-state index in [0.717, 1.165) is 18.2 Å². The van der Waals surface area contributed by atoms with Gasteiger partial charge in [-0.15, -0.1) is 0 Å². The maximum Gasteiger partial charge on any atom is 1.00 e. The summed E-state index contributed by atoms with van der Waals surface area (Å²) in [7, 11) is -6.27. The minimum atomic E-state index is -8.73. The molecular weight excluding hydrogens is 704 g/mol. The molecule has 0 aliphatic rings. The van der Waals surface area contributed by atoms with Crippen LogP contribution >= 0.6 is 19.4 Å². The molecule has 0 bridgehead atoms. The van der Waals surface area contributed by atoms with Crippen molar-refractivity contribution in [1.29, 1.82) is 0 Å². The number of halogens is 17. The monoisotopic (exact) mass is 710 g/mol. The van der Waals surface area contributed by atoms with Gasteiger partial charge in [-0.3, -0.25) is 0 Å². The molecule has 0 aliphatic carbocycles. The minimum Gasteiger partial charge on any atom is -0.810 e. The molecule has 0 radical (unpaired) electrons. The Kier molecular flexibility index (Phi) is 15.2. The average Bonchev–Trinajstić information content (AvgIpc) is 2.74. The Morgan fingerprint density at radius 1 is 0.650 bits per heavy atom. The van der Waals surface area contributed by atoms with Gasteiger partial charge in [0.1, 0.15) is 0 Å². The van der Waals surface area contributed by atoms with Crippen LogP contribution in [0.3, 0.4) is 0 Å². The van der Waals surface area contributed by atoms with E-state index in [4.69, 9.17) is 0 Å². The van der Waals surface area contributed by atoms with E-state index in [0.29, 0.717) is 12.1 Å². The fraction of sp³-hybridized carbons (Fsp3) is 0.500. The third kappa shape index (κ3) is 7.66. The van der Waals surface area contributed by atoms with Crippen LogP contribution in [0.5, 0.6) is 0 Å². The number of thioether (sulfide) groups is 1. The zero-order chi connectivity index (χ0) is 30.6. The van der Waals surface area contributed by atoms with Crippen molar-refractivity contribution in [3.05, 3.63) is 46.9 Å². The molecule has 0 N–H and O–H groups in total. The molecule has 0 aliphatic heterocycles. The Morgan fingerprint density at radius 3 is 1.35 bits per heavy atom. The van der Waals surface area contributed by atoms with Crippen LogP contribution in [0.15, 0.2) is 41.3 Å². The largest absolute Gasteiger partial charge is 1.00 e. The van der Waals surface area contributed by atoms with E-state index in [1.54, 1.807) is 0 Å². The van der Waals surface area contributed by atoms with Gasteiger partial charge in [0.2, 0.25) is 5.83 Å². The van der Waals surface area contributed by atoms with Gasteiger partial charge in [0.05, 0.1) is 4.99 Å². The van der Waals surface area contributed by atoms with Gasteiger partial charge < -0.3 is 14.4 Å². The number of hydrogen-bond donors (Lipinski definition) is 0. The van der Waals surface area contributed by atoms with E-state index in [2.05, 4.69) is 0 Å². The minimum absolute atomic E-state index is 0. The first-order chi connectivity index (χ1) is 16.5. The molecule has 0 aromatic heterocycles. The van der Waals surface area contributed by atoms with Gasteiger partial charge in [-0.05, 0) is 13.2 Å². The van der Waals surface area contributed by atoms with E-state index in [1.807, 2.05) is 0 Å². The molecule has 1 aromatic rings. The molecule has 1 rings (SSSR count). The number of benzene rings is 1. The van der Waals surface area contributed by atoms with E-state index in [9.17, 15) is 89.0 Å². The first-order valence-corrected chi connectivity index (χ1v) is 11.1. The summed E-state index contributed by atoms with van der Waals surface area (Å²) < 4.78 is 236. The third-order valence-corrected chi connectivity index (χ3v) is 7.21. The van der Waals surface area contributed by atoms with Gasteiger partial charge >= 0.3 is 144 Å². The second-order valence-corrected chi connectivity index (χ2v) is 9.96. The van der Waals surface area contributed by atoms with Crippen molar-refractivity contribution in [1.82, 2.24) is 0 Å². The van der Waals surface area contributed by atoms with Crippen molar-refractivity contribution in [3.8, 4) is 0 Å². The number of alkyl halides is 15. The predicted octanol–water partition coefficient (Wildman–Crippen LogP) is 0.822. The number of allylic oxidation sites excluding steroid dienone is 1. The maximum atomic E-state index is 14.0. The smallest absolute Gasteiger partial charge is 0.810 e. The van der Waals surface area contributed by atoms with Crippen LogP contribution in [0, 0.1) is 0 Å². The van der Waals surface area contributed by atoms with E-state index >= 15 is 0 Å². The summed E-state index contributed by atoms with van der Waals surface area (Å²) in [4.78, 5) is 19.5. The van der Waals surface area contributed by atoms with Crippen molar-refractivity contribution < 1.29 is 192 Å². The Hall–Kier alpha value is 1.54. The molecule has 0 saturated carbocycles. The zero-order valence-corrected chi connectivity index (χ0v) is 26.9. The molecule has 1 aromatic carbocycles. The van der Waals surface area contributed by atoms with Gasteiger partial charge in [-0.1, -0.05) is 42.1 Å². The van der Waals surface area contributed by atoms with Crippen LogP contribution in [-0.2, 0) is 4.57 Å². The molecular formula is C16H6F17K2O3PS. The SMILES string of the molecule is O=P([O-])([O-])C(SC(F)=C(F)C(F)(F)C(F)(F)C(F)(F)C(F)(F)C(F)(F)C(F)(F)C(F)(F)F)c1ccccc1.[K+].[K+]. The maximum absolute atomic E-state index is 14.0. The summed E-state index contributed by atoms with van der Waals surface area (Å²) in [6, 6.07) is 4.18. The van der Waals surface area contributed by atoms with Gasteiger partial charge in [-0.25, -0.2) is 4.39 Å². The van der Waals surface area contributed by atoms with Crippen molar-refractivity contribution in [2.24, 2.45) is 0 Å². The van der Waals surface area contributed by atoms with Crippen LogP contribution in [-0.4, -0.2) is 41.7 Å². The second-order valence-electron chi connectivity index (χ2n) is 6.95. The van der Waals surface area contributed by atoms with Crippen molar-refractivity contribution in [3.63, 3.8) is 0 Å². The number of hydrogen-bond acceptors (Lipinski definition) is 4. The summed E-state index contributed by atoms with van der Waals surface area (Å²) >= 11 is -1.53. The predicted molar refractivity (Wildman–Crippen MR) is 89.4 cm³/mol. The third-order valence-electron chi connectivity index (χ3n) is 4.36. The van der Waals surface area contributed by atoms with E-state index in [-0.39, 0.29) is 103 Å². The van der Waals surface area contributed by atoms with Gasteiger partial charge in [0.15, 0.2) is 5.16 Å². The van der Waals surface area contributed by atoms with Crippen LogP contribution < -0.4 is 113 Å². The van der Waals surface area contributed by atoms with Crippen molar-refractivity contribution >= 4 is 19.4 Å². The summed E-state index contributed by atoms with van der Waals surface area (Å²) in [6.45, 7) is 0. The molecule has 40 heavy (non-hydrogen) atoms. The first-order valence-electron chi connectivity index (χ1n) is 8.66. The van der Waals surface area contributed by atoms with Crippen molar-refractivity contribution in [2.75, 3.05) is 0 Å². The molecule has 3 nitrogen and oxygen atoms in total. The summed E-state index contributed by atoms with van der Waals surface area (Å²) in [5.74, 6) is -55.0. The summed E-state index contributed by atoms with van der Waals surface area (Å²) in [6.07, 6.45) is -7.85. The second kappa shape index (κ2) is 13.9. The summed E-state index contributed by atoms with van der Waals surface area (Å²) in [5, 5.41) is -3.60. The quantitative estimate of drug-likeness (QED) is 0.205. The normalized spacial score (nSPS) is 16.0. The van der Waals surface area contributed by atoms with Gasteiger partial charge in [0.25, 0.3) is 0 Å². The van der Waals surface area contributed by atoms with Crippen LogP contribution in [0.4, 0.5) is 74.6 Å². The zero-order valence-electron chi connectivity index (χ0n) is 19.0. The van der Waals surface area contributed by atoms with Gasteiger partial charge in [0, 0.05) is 0 Å². The molecule has 1 atom stereocenters. The molecule has 0 spiro atoms. The Balaban J connectivity index is 0. The molecule has 220 valence electrons. The van der Waals surface area contributed by atoms with Crippen LogP contribution in [0.1, 0.15) is 10.6 Å². The molecule has 0 amide bonds. The van der Waals surface area contributed by atoms with Crippen LogP contribution in [0.2, 0.25) is 0 Å². The molecule has 0 saturated heterocycles. The van der Waals surface area contributed by atoms with E-state index < -0.39 is 82.6 Å². The first kappa shape index (κ1) is 43.7. The number of rotatable bonds is 10. The molecule has 0 fully saturated rings. The molecule has 0 heterocycles. The van der Waals surface area contributed by atoms with Gasteiger partial charge in [-0.2, -0.15) is 70.2 Å². The summed E-state index contributed by atoms with van der Waals surface area (Å²) in [5.41, 5.74) is -0.866. The fourth-order valence-corrected chi connectivity index (χ4v) is 4.36. The molecule has 1 unspecified atom stereocenters. The standard InChI is InChI=1S/C16H8F17O3PS.2K/c17-7(8(18)38-9(37(34,35)36)6-4-2-1-3-5-6)10(19,20)11(21,22)12(23,24)13(25,26)14(27,28)15(29,30)16(31,32)33;;/h1-5,9H,(H2,34,35,36);;/q;2*+1/p-2. The Labute approximate surface area is 300 Å². The Morgan fingerprint density at radius 2 is 1.00 bits per heavy atom.